The number of benzene rings is 4. The molecular formula is C28H26N2OP+. The molecule has 1 aliphatic heterocycles. The van der Waals surface area contributed by atoms with Crippen LogP contribution in [0.25, 0.3) is 0 Å². The van der Waals surface area contributed by atoms with E-state index in [4.69, 9.17) is 0 Å². The third kappa shape index (κ3) is 4.28. The summed E-state index contributed by atoms with van der Waals surface area (Å²) >= 11 is 0. The summed E-state index contributed by atoms with van der Waals surface area (Å²) in [5.74, 6) is 0. The maximum Gasteiger partial charge on any atom is 0.539 e. The summed E-state index contributed by atoms with van der Waals surface area (Å²) in [5, 5.41) is 0. The highest BCUT2D eigenvalue weighted by Gasteiger charge is 2.58. The van der Waals surface area contributed by atoms with Gasteiger partial charge in [0.05, 0.1) is 13.1 Å². The normalized spacial score (nSPS) is 20.4. The van der Waals surface area contributed by atoms with E-state index in [1.54, 1.807) is 0 Å². The fraction of sp³-hybridized carbons (Fsp3) is 0.143. The van der Waals surface area contributed by atoms with Gasteiger partial charge in [-0.25, -0.2) is 0 Å². The largest absolute Gasteiger partial charge is 0.539 e. The maximum atomic E-state index is 14.1. The van der Waals surface area contributed by atoms with E-state index in [0.717, 1.165) is 0 Å². The third-order valence-corrected chi connectivity index (χ3v) is 7.70. The van der Waals surface area contributed by atoms with Crippen molar-refractivity contribution < 1.29 is 4.57 Å². The molecule has 2 unspecified atom stereocenters. The predicted octanol–water partition coefficient (Wildman–Crippen LogP) is 7.14. The van der Waals surface area contributed by atoms with Gasteiger partial charge in [-0.3, -0.25) is 0 Å². The van der Waals surface area contributed by atoms with Gasteiger partial charge in [0.15, 0.2) is 0 Å². The van der Waals surface area contributed by atoms with E-state index in [9.17, 15) is 4.57 Å². The summed E-state index contributed by atoms with van der Waals surface area (Å²) < 4.78 is 18.4. The van der Waals surface area contributed by atoms with Gasteiger partial charge in [-0.2, -0.15) is 0 Å². The minimum Gasteiger partial charge on any atom is -0.0650 e. The Morgan fingerprint density at radius 3 is 1.16 bits per heavy atom. The molecule has 4 aromatic carbocycles. The van der Waals surface area contributed by atoms with Gasteiger partial charge in [-0.05, 0) is 26.8 Å². The van der Waals surface area contributed by atoms with Crippen molar-refractivity contribution in [3.8, 4) is 0 Å². The lowest BCUT2D eigenvalue weighted by Crippen LogP contribution is -2.24. The Morgan fingerprint density at radius 2 is 0.812 bits per heavy atom. The number of rotatable bonds is 6. The van der Waals surface area contributed by atoms with Crippen LogP contribution in [0.3, 0.4) is 0 Å². The molecule has 0 amide bonds. The Kier molecular flexibility index (Phi) is 6.22. The van der Waals surface area contributed by atoms with Crippen LogP contribution < -0.4 is 0 Å². The van der Waals surface area contributed by atoms with Crippen LogP contribution in [-0.2, 0) is 17.7 Å². The highest BCUT2D eigenvalue weighted by Crippen LogP contribution is 2.59. The predicted molar refractivity (Wildman–Crippen MR) is 130 cm³/mol. The maximum absolute atomic E-state index is 14.1. The summed E-state index contributed by atoms with van der Waals surface area (Å²) in [7, 11) is -1.75. The Hall–Kier alpha value is -3.10. The SMILES string of the molecule is O=[P+]1N(Cc2ccccc2)C(c2ccccc2)C(c2ccccc2)N1Cc1ccccc1. The Morgan fingerprint density at radius 1 is 0.500 bits per heavy atom. The van der Waals surface area contributed by atoms with Crippen LogP contribution in [0.5, 0.6) is 0 Å². The Balaban J connectivity index is 1.61. The quantitative estimate of drug-likeness (QED) is 0.299. The lowest BCUT2D eigenvalue weighted by molar-refractivity contribution is 0.263. The molecule has 32 heavy (non-hydrogen) atoms. The zero-order valence-corrected chi connectivity index (χ0v) is 18.8. The van der Waals surface area contributed by atoms with E-state index < -0.39 is 8.10 Å². The fourth-order valence-corrected chi connectivity index (χ4v) is 6.36. The summed E-state index contributed by atoms with van der Waals surface area (Å²) in [6.45, 7) is 1.29. The van der Waals surface area contributed by atoms with Crippen molar-refractivity contribution in [3.05, 3.63) is 144 Å². The summed E-state index contributed by atoms with van der Waals surface area (Å²) in [6, 6.07) is 41.7. The first-order valence-electron chi connectivity index (χ1n) is 11.0. The van der Waals surface area contributed by atoms with Gasteiger partial charge in [0.1, 0.15) is 12.1 Å². The summed E-state index contributed by atoms with van der Waals surface area (Å²) in [4.78, 5) is 0. The fourth-order valence-electron chi connectivity index (χ4n) is 4.55. The number of nitrogens with zero attached hydrogens (tertiary/aromatic N) is 2. The second-order valence-electron chi connectivity index (χ2n) is 8.13. The van der Waals surface area contributed by atoms with E-state index in [2.05, 4.69) is 82.1 Å². The molecule has 5 rings (SSSR count). The Labute approximate surface area is 190 Å². The molecule has 0 bridgehead atoms. The molecule has 2 atom stereocenters. The molecule has 0 saturated carbocycles. The van der Waals surface area contributed by atoms with Crippen LogP contribution in [-0.4, -0.2) is 9.34 Å². The van der Waals surface area contributed by atoms with Gasteiger partial charge in [0, 0.05) is 0 Å². The average molecular weight is 438 g/mol. The summed E-state index contributed by atoms with van der Waals surface area (Å²) in [5.41, 5.74) is 4.72. The molecule has 4 aromatic rings. The van der Waals surface area contributed by atoms with Crippen LogP contribution in [0.15, 0.2) is 121 Å². The first kappa shape index (κ1) is 20.8. The Bertz CT molecular complexity index is 1060. The van der Waals surface area contributed by atoms with Crippen molar-refractivity contribution in [3.63, 3.8) is 0 Å². The van der Waals surface area contributed by atoms with Gasteiger partial charge >= 0.3 is 8.10 Å². The minimum atomic E-state index is -1.75. The van der Waals surface area contributed by atoms with Gasteiger partial charge in [0.25, 0.3) is 0 Å². The van der Waals surface area contributed by atoms with Gasteiger partial charge in [-0.15, -0.1) is 0 Å². The van der Waals surface area contributed by atoms with Crippen molar-refractivity contribution in [1.82, 2.24) is 9.34 Å². The monoisotopic (exact) mass is 437 g/mol. The van der Waals surface area contributed by atoms with Crippen molar-refractivity contribution in [2.24, 2.45) is 0 Å². The van der Waals surface area contributed by atoms with E-state index in [1.807, 2.05) is 48.5 Å². The smallest absolute Gasteiger partial charge is 0.0650 e. The van der Waals surface area contributed by atoms with Crippen LogP contribution >= 0.6 is 8.10 Å². The lowest BCUT2D eigenvalue weighted by atomic mass is 9.92. The number of hydrogen-bond donors (Lipinski definition) is 0. The molecule has 0 aromatic heterocycles. The highest BCUT2D eigenvalue weighted by atomic mass is 31.1. The van der Waals surface area contributed by atoms with Crippen molar-refractivity contribution in [1.29, 1.82) is 0 Å². The van der Waals surface area contributed by atoms with E-state index in [0.29, 0.717) is 13.1 Å². The second-order valence-corrected chi connectivity index (χ2v) is 9.66. The molecule has 0 radical (unpaired) electrons. The van der Waals surface area contributed by atoms with Crippen molar-refractivity contribution in [2.75, 3.05) is 0 Å². The van der Waals surface area contributed by atoms with Crippen molar-refractivity contribution >= 4 is 8.10 Å². The molecule has 0 spiro atoms. The summed E-state index contributed by atoms with van der Waals surface area (Å²) in [6.07, 6.45) is 0. The molecule has 0 N–H and O–H groups in total. The zero-order chi connectivity index (χ0) is 21.8. The topological polar surface area (TPSA) is 23.6 Å². The minimum absolute atomic E-state index is 0.00821. The standard InChI is InChI=1S/C28H26N2OP/c31-32-29(21-23-13-5-1-6-14-23)27(25-17-9-3-10-18-25)28(26-19-11-4-12-20-26)30(32)22-24-15-7-2-8-16-24/h1-20,27-28H,21-22H2/q+1. The van der Waals surface area contributed by atoms with E-state index in [1.165, 1.54) is 22.3 Å². The average Bonchev–Trinajstić information content (AvgIpc) is 3.12. The van der Waals surface area contributed by atoms with Gasteiger partial charge < -0.3 is 0 Å². The molecule has 4 heteroatoms. The first-order chi connectivity index (χ1) is 15.8. The molecule has 158 valence electrons. The van der Waals surface area contributed by atoms with Gasteiger partial charge in [-0.1, -0.05) is 131 Å². The van der Waals surface area contributed by atoms with Crippen LogP contribution in [0.1, 0.15) is 34.3 Å². The third-order valence-electron chi connectivity index (χ3n) is 6.04. The number of hydrogen-bond acceptors (Lipinski definition) is 1. The molecule has 3 nitrogen and oxygen atoms in total. The van der Waals surface area contributed by atoms with Gasteiger partial charge in [0.2, 0.25) is 0 Å². The van der Waals surface area contributed by atoms with Crippen LogP contribution in [0.4, 0.5) is 0 Å². The van der Waals surface area contributed by atoms with Crippen LogP contribution in [0.2, 0.25) is 0 Å². The molecule has 1 fully saturated rings. The zero-order valence-electron chi connectivity index (χ0n) is 17.9. The molecular weight excluding hydrogens is 411 g/mol. The first-order valence-corrected chi connectivity index (χ1v) is 12.2. The molecule has 1 heterocycles. The molecule has 0 aliphatic carbocycles. The highest BCUT2D eigenvalue weighted by molar-refractivity contribution is 7.39. The molecule has 1 saturated heterocycles. The van der Waals surface area contributed by atoms with Crippen LogP contribution in [0, 0.1) is 0 Å². The lowest BCUT2D eigenvalue weighted by Gasteiger charge is -2.23. The van der Waals surface area contributed by atoms with Crippen molar-refractivity contribution in [2.45, 2.75) is 25.2 Å². The second kappa shape index (κ2) is 9.58. The van der Waals surface area contributed by atoms with E-state index in [-0.39, 0.29) is 12.1 Å². The van der Waals surface area contributed by atoms with E-state index >= 15 is 0 Å². The molecule has 1 aliphatic rings.